The lowest BCUT2D eigenvalue weighted by atomic mass is 9.98. The Balaban J connectivity index is 1.95. The molecule has 26 heavy (non-hydrogen) atoms. The van der Waals surface area contributed by atoms with E-state index in [0.29, 0.717) is 11.3 Å². The first kappa shape index (κ1) is 17.8. The third-order valence-corrected chi connectivity index (χ3v) is 3.56. The highest BCUT2D eigenvalue weighted by molar-refractivity contribution is 6.14. The molecule has 0 radical (unpaired) electrons. The number of ether oxygens (including phenoxy) is 3. The molecule has 0 N–H and O–H groups in total. The van der Waals surface area contributed by atoms with Gasteiger partial charge >= 0.3 is 13.2 Å². The quantitative estimate of drug-likeness (QED) is 0.574. The summed E-state index contributed by atoms with van der Waals surface area (Å²) in [6, 6.07) is 9.94. The van der Waals surface area contributed by atoms with Crippen molar-refractivity contribution in [2.24, 2.45) is 0 Å². The normalized spacial score (nSPS) is 15.2. The van der Waals surface area contributed by atoms with E-state index in [1.165, 1.54) is 18.2 Å². The number of ketones is 1. The van der Waals surface area contributed by atoms with E-state index in [1.54, 1.807) is 24.3 Å². The summed E-state index contributed by atoms with van der Waals surface area (Å²) in [6.45, 7) is -6.34. The predicted molar refractivity (Wildman–Crippen MR) is 84.0 cm³/mol. The molecule has 2 aromatic carbocycles. The molecule has 3 rings (SSSR count). The van der Waals surface area contributed by atoms with Crippen LogP contribution in [0.1, 0.15) is 15.9 Å². The van der Waals surface area contributed by atoms with Gasteiger partial charge in [0.1, 0.15) is 23.9 Å². The van der Waals surface area contributed by atoms with Crippen molar-refractivity contribution in [3.63, 3.8) is 0 Å². The Bertz CT molecular complexity index is 849. The molecule has 4 nitrogen and oxygen atoms in total. The summed E-state index contributed by atoms with van der Waals surface area (Å²) >= 11 is 0. The smallest absolute Gasteiger partial charge is 0.387 e. The number of hydrogen-bond acceptors (Lipinski definition) is 4. The molecule has 1 aliphatic heterocycles. The minimum Gasteiger partial charge on any atom is -0.488 e. The van der Waals surface area contributed by atoms with Crippen LogP contribution < -0.4 is 14.2 Å². The summed E-state index contributed by atoms with van der Waals surface area (Å²) in [5.74, 6) is -0.617. The second-order valence-corrected chi connectivity index (χ2v) is 5.24. The maximum absolute atomic E-state index is 12.6. The SMILES string of the molecule is O=C1/C(=C/c2ccc(OC(F)F)cc2OC(F)F)COc2ccccc21. The number of fused-ring (bicyclic) bond motifs is 1. The maximum Gasteiger partial charge on any atom is 0.387 e. The van der Waals surface area contributed by atoms with Crippen molar-refractivity contribution in [3.8, 4) is 17.2 Å². The minimum absolute atomic E-state index is 0.0563. The number of carbonyl (C=O) groups is 1. The molecule has 2 aromatic rings. The summed E-state index contributed by atoms with van der Waals surface area (Å²) in [6.07, 6.45) is 1.32. The van der Waals surface area contributed by atoms with E-state index < -0.39 is 19.0 Å². The zero-order valence-electron chi connectivity index (χ0n) is 13.1. The van der Waals surface area contributed by atoms with Gasteiger partial charge in [-0.3, -0.25) is 4.79 Å². The van der Waals surface area contributed by atoms with Crippen molar-refractivity contribution in [3.05, 3.63) is 59.2 Å². The molecule has 0 unspecified atom stereocenters. The summed E-state index contributed by atoms with van der Waals surface area (Å²) < 4.78 is 63.8. The van der Waals surface area contributed by atoms with Gasteiger partial charge in [0.25, 0.3) is 0 Å². The lowest BCUT2D eigenvalue weighted by Gasteiger charge is -2.19. The number of benzene rings is 2. The van der Waals surface area contributed by atoms with Crippen LogP contribution in [0.4, 0.5) is 17.6 Å². The predicted octanol–water partition coefficient (Wildman–Crippen LogP) is 4.55. The van der Waals surface area contributed by atoms with E-state index >= 15 is 0 Å². The molecular weight excluding hydrogens is 356 g/mol. The van der Waals surface area contributed by atoms with Gasteiger partial charge in [0, 0.05) is 17.2 Å². The van der Waals surface area contributed by atoms with E-state index in [-0.39, 0.29) is 29.3 Å². The standard InChI is InChI=1S/C18H12F4O4/c19-17(20)25-12-6-5-10(15(8-12)26-18(21)22)7-11-9-24-14-4-2-1-3-13(14)16(11)23/h1-8,17-18H,9H2/b11-7+. The van der Waals surface area contributed by atoms with Crippen LogP contribution in [-0.2, 0) is 0 Å². The van der Waals surface area contributed by atoms with Gasteiger partial charge in [-0.2, -0.15) is 17.6 Å². The Labute approximate surface area is 145 Å². The van der Waals surface area contributed by atoms with Gasteiger partial charge in [0.05, 0.1) is 5.56 Å². The van der Waals surface area contributed by atoms with Gasteiger partial charge in [-0.15, -0.1) is 0 Å². The van der Waals surface area contributed by atoms with Crippen LogP contribution >= 0.6 is 0 Å². The Hall–Kier alpha value is -3.03. The van der Waals surface area contributed by atoms with Crippen LogP contribution in [0.3, 0.4) is 0 Å². The van der Waals surface area contributed by atoms with Crippen molar-refractivity contribution in [1.82, 2.24) is 0 Å². The third kappa shape index (κ3) is 3.96. The van der Waals surface area contributed by atoms with E-state index in [1.807, 2.05) is 0 Å². The van der Waals surface area contributed by atoms with Crippen LogP contribution in [-0.4, -0.2) is 25.6 Å². The van der Waals surface area contributed by atoms with E-state index in [2.05, 4.69) is 9.47 Å². The molecule has 0 aliphatic carbocycles. The highest BCUT2D eigenvalue weighted by Crippen LogP contribution is 2.32. The molecule has 1 aliphatic rings. The Morgan fingerprint density at radius 1 is 1.00 bits per heavy atom. The number of para-hydroxylation sites is 1. The second kappa shape index (κ2) is 7.47. The summed E-state index contributed by atoms with van der Waals surface area (Å²) in [7, 11) is 0. The number of alkyl halides is 4. The fraction of sp³-hybridized carbons (Fsp3) is 0.167. The molecule has 0 aromatic heterocycles. The summed E-state index contributed by atoms with van der Waals surface area (Å²) in [4.78, 5) is 12.5. The average molecular weight is 368 g/mol. The largest absolute Gasteiger partial charge is 0.488 e. The minimum atomic E-state index is -3.17. The van der Waals surface area contributed by atoms with Crippen molar-refractivity contribution in [2.75, 3.05) is 6.61 Å². The highest BCUT2D eigenvalue weighted by Gasteiger charge is 2.23. The van der Waals surface area contributed by atoms with Crippen LogP contribution in [0.25, 0.3) is 6.08 Å². The number of hydrogen-bond donors (Lipinski definition) is 0. The average Bonchev–Trinajstić information content (AvgIpc) is 2.58. The van der Waals surface area contributed by atoms with Crippen molar-refractivity contribution in [1.29, 1.82) is 0 Å². The molecule has 0 spiro atoms. The first-order valence-electron chi connectivity index (χ1n) is 7.45. The van der Waals surface area contributed by atoms with Crippen molar-refractivity contribution in [2.45, 2.75) is 13.2 Å². The van der Waals surface area contributed by atoms with Crippen molar-refractivity contribution < 1.29 is 36.6 Å². The zero-order valence-corrected chi connectivity index (χ0v) is 13.1. The fourth-order valence-electron chi connectivity index (χ4n) is 2.48. The first-order chi connectivity index (χ1) is 12.4. The number of halogens is 4. The monoisotopic (exact) mass is 368 g/mol. The molecule has 0 fully saturated rings. The zero-order chi connectivity index (χ0) is 18.7. The van der Waals surface area contributed by atoms with Gasteiger partial charge in [0.15, 0.2) is 5.78 Å². The van der Waals surface area contributed by atoms with Gasteiger partial charge in [-0.1, -0.05) is 12.1 Å². The van der Waals surface area contributed by atoms with Gasteiger partial charge in [-0.05, 0) is 30.3 Å². The Morgan fingerprint density at radius 2 is 1.73 bits per heavy atom. The van der Waals surface area contributed by atoms with E-state index in [4.69, 9.17) is 4.74 Å². The Morgan fingerprint density at radius 3 is 2.46 bits per heavy atom. The number of rotatable bonds is 5. The van der Waals surface area contributed by atoms with E-state index in [0.717, 1.165) is 6.07 Å². The van der Waals surface area contributed by atoms with Crippen LogP contribution in [0.5, 0.6) is 17.2 Å². The molecule has 136 valence electrons. The molecule has 0 amide bonds. The lowest BCUT2D eigenvalue weighted by Crippen LogP contribution is -2.19. The molecule has 0 saturated carbocycles. The van der Waals surface area contributed by atoms with Crippen LogP contribution in [0, 0.1) is 0 Å². The number of carbonyl (C=O) groups excluding carboxylic acids is 1. The first-order valence-corrected chi connectivity index (χ1v) is 7.45. The number of Topliss-reactive ketones (excluding diaryl/α,β-unsaturated/α-hetero) is 1. The molecular formula is C18H12F4O4. The molecule has 1 heterocycles. The Kier molecular flexibility index (Phi) is 5.11. The molecule has 0 saturated heterocycles. The molecule has 0 atom stereocenters. The topological polar surface area (TPSA) is 44.8 Å². The van der Waals surface area contributed by atoms with Gasteiger partial charge in [-0.25, -0.2) is 0 Å². The second-order valence-electron chi connectivity index (χ2n) is 5.24. The highest BCUT2D eigenvalue weighted by atomic mass is 19.3. The molecule has 8 heteroatoms. The van der Waals surface area contributed by atoms with Crippen molar-refractivity contribution >= 4 is 11.9 Å². The third-order valence-electron chi connectivity index (χ3n) is 3.56. The summed E-state index contributed by atoms with van der Waals surface area (Å²) in [5, 5.41) is 0. The van der Waals surface area contributed by atoms with Crippen LogP contribution in [0.2, 0.25) is 0 Å². The maximum atomic E-state index is 12.6. The molecule has 0 bridgehead atoms. The fourth-order valence-corrected chi connectivity index (χ4v) is 2.48. The van der Waals surface area contributed by atoms with Gasteiger partial charge in [0.2, 0.25) is 0 Å². The summed E-state index contributed by atoms with van der Waals surface area (Å²) in [5.41, 5.74) is 0.669. The van der Waals surface area contributed by atoms with Gasteiger partial charge < -0.3 is 14.2 Å². The lowest BCUT2D eigenvalue weighted by molar-refractivity contribution is -0.0543. The van der Waals surface area contributed by atoms with Crippen LogP contribution in [0.15, 0.2) is 48.0 Å². The van der Waals surface area contributed by atoms with E-state index in [9.17, 15) is 22.4 Å².